The van der Waals surface area contributed by atoms with Crippen molar-refractivity contribution in [2.75, 3.05) is 25.4 Å². The zero-order chi connectivity index (χ0) is 17.0. The zero-order valence-corrected chi connectivity index (χ0v) is 16.3. The van der Waals surface area contributed by atoms with Crippen molar-refractivity contribution in [3.63, 3.8) is 0 Å². The largest absolute Gasteiger partial charge is 0.357 e. The highest BCUT2D eigenvalue weighted by Crippen LogP contribution is 2.13. The quantitative estimate of drug-likeness (QED) is 0.477. The molecule has 0 aliphatic carbocycles. The summed E-state index contributed by atoms with van der Waals surface area (Å²) in [5.41, 5.74) is 0. The van der Waals surface area contributed by atoms with Crippen molar-refractivity contribution >= 4 is 16.8 Å². The van der Waals surface area contributed by atoms with Gasteiger partial charge in [0.25, 0.3) is 0 Å². The van der Waals surface area contributed by atoms with Gasteiger partial charge in [-0.15, -0.1) is 0 Å². The van der Waals surface area contributed by atoms with E-state index in [0.29, 0.717) is 18.2 Å². The van der Waals surface area contributed by atoms with Crippen molar-refractivity contribution in [1.82, 2.24) is 10.6 Å². The van der Waals surface area contributed by atoms with Crippen molar-refractivity contribution in [1.29, 1.82) is 0 Å². The van der Waals surface area contributed by atoms with Gasteiger partial charge in [0.15, 0.2) is 5.96 Å². The molecular weight excluding hydrogens is 294 g/mol. The van der Waals surface area contributed by atoms with Gasteiger partial charge in [0, 0.05) is 40.9 Å². The first-order valence-electron chi connectivity index (χ1n) is 8.75. The molecule has 22 heavy (non-hydrogen) atoms. The number of aliphatic imine (C=N–C) groups is 1. The van der Waals surface area contributed by atoms with Crippen molar-refractivity contribution < 1.29 is 4.21 Å². The highest BCUT2D eigenvalue weighted by Gasteiger charge is 2.18. The van der Waals surface area contributed by atoms with Crippen LogP contribution in [0.1, 0.15) is 67.2 Å². The van der Waals surface area contributed by atoms with Gasteiger partial charge in [0.1, 0.15) is 0 Å². The SMILES string of the molecule is CCCCC(CC)CN=C(NCC)NCCS(=O)C(C)(C)C. The maximum Gasteiger partial charge on any atom is 0.191 e. The second-order valence-corrected chi connectivity index (χ2v) is 9.05. The van der Waals surface area contributed by atoms with E-state index in [1.54, 1.807) is 0 Å². The number of guanidine groups is 1. The molecule has 0 aliphatic rings. The molecule has 0 saturated heterocycles. The Morgan fingerprint density at radius 1 is 1.18 bits per heavy atom. The second-order valence-electron chi connectivity index (χ2n) is 6.72. The average Bonchev–Trinajstić information content (AvgIpc) is 2.46. The van der Waals surface area contributed by atoms with Gasteiger partial charge < -0.3 is 10.6 Å². The number of unbranched alkanes of at least 4 members (excludes halogenated alkanes) is 1. The van der Waals surface area contributed by atoms with Crippen molar-refractivity contribution in [2.24, 2.45) is 10.9 Å². The van der Waals surface area contributed by atoms with E-state index in [-0.39, 0.29) is 4.75 Å². The summed E-state index contributed by atoms with van der Waals surface area (Å²) in [4.78, 5) is 4.69. The molecule has 0 heterocycles. The molecule has 2 unspecified atom stereocenters. The van der Waals surface area contributed by atoms with Crippen LogP contribution in [-0.2, 0) is 10.8 Å². The lowest BCUT2D eigenvalue weighted by Crippen LogP contribution is -2.40. The lowest BCUT2D eigenvalue weighted by molar-refractivity contribution is 0.461. The second kappa shape index (κ2) is 11.9. The summed E-state index contributed by atoms with van der Waals surface area (Å²) in [7, 11) is -0.822. The molecule has 0 aliphatic heterocycles. The van der Waals surface area contributed by atoms with E-state index >= 15 is 0 Å². The van der Waals surface area contributed by atoms with Gasteiger partial charge in [-0.25, -0.2) is 0 Å². The Morgan fingerprint density at radius 3 is 2.36 bits per heavy atom. The topological polar surface area (TPSA) is 53.5 Å². The first kappa shape index (κ1) is 21.4. The van der Waals surface area contributed by atoms with Gasteiger partial charge in [-0.05, 0) is 40.0 Å². The van der Waals surface area contributed by atoms with E-state index in [1.165, 1.54) is 25.7 Å². The predicted molar refractivity (Wildman–Crippen MR) is 100 cm³/mol. The van der Waals surface area contributed by atoms with Gasteiger partial charge >= 0.3 is 0 Å². The first-order chi connectivity index (χ1) is 10.3. The van der Waals surface area contributed by atoms with Gasteiger partial charge in [0.2, 0.25) is 0 Å². The summed E-state index contributed by atoms with van der Waals surface area (Å²) >= 11 is 0. The number of hydrogen-bond donors (Lipinski definition) is 2. The highest BCUT2D eigenvalue weighted by atomic mass is 32.2. The lowest BCUT2D eigenvalue weighted by atomic mass is 10.00. The van der Waals surface area contributed by atoms with Gasteiger partial charge in [0.05, 0.1) is 0 Å². The third kappa shape index (κ3) is 10.2. The third-order valence-corrected chi connectivity index (χ3v) is 5.60. The molecule has 4 nitrogen and oxygen atoms in total. The highest BCUT2D eigenvalue weighted by molar-refractivity contribution is 7.86. The predicted octanol–water partition coefficient (Wildman–Crippen LogP) is 3.31. The molecule has 0 fully saturated rings. The molecule has 5 heteroatoms. The molecule has 0 radical (unpaired) electrons. The Labute approximate surface area is 140 Å². The summed E-state index contributed by atoms with van der Waals surface area (Å²) in [6.07, 6.45) is 4.96. The van der Waals surface area contributed by atoms with Crippen LogP contribution in [0.2, 0.25) is 0 Å². The van der Waals surface area contributed by atoms with Gasteiger partial charge in [-0.1, -0.05) is 33.1 Å². The van der Waals surface area contributed by atoms with E-state index in [9.17, 15) is 4.21 Å². The molecule has 0 aromatic heterocycles. The van der Waals surface area contributed by atoms with Crippen LogP contribution in [0.15, 0.2) is 4.99 Å². The monoisotopic (exact) mass is 331 g/mol. The fourth-order valence-corrected chi connectivity index (χ4v) is 2.95. The van der Waals surface area contributed by atoms with E-state index in [2.05, 4.69) is 31.4 Å². The van der Waals surface area contributed by atoms with Crippen molar-refractivity contribution in [3.05, 3.63) is 0 Å². The Balaban J connectivity index is 4.33. The molecule has 0 amide bonds. The maximum atomic E-state index is 12.0. The van der Waals surface area contributed by atoms with Crippen LogP contribution in [0.4, 0.5) is 0 Å². The fraction of sp³-hybridized carbons (Fsp3) is 0.941. The summed E-state index contributed by atoms with van der Waals surface area (Å²) in [6, 6.07) is 0. The van der Waals surface area contributed by atoms with E-state index in [1.807, 2.05) is 20.8 Å². The zero-order valence-electron chi connectivity index (χ0n) is 15.5. The molecule has 0 spiro atoms. The number of nitrogens with zero attached hydrogens (tertiary/aromatic N) is 1. The minimum atomic E-state index is -0.822. The summed E-state index contributed by atoms with van der Waals surface area (Å²) < 4.78 is 11.9. The number of rotatable bonds is 10. The molecule has 0 rings (SSSR count). The van der Waals surface area contributed by atoms with Crippen molar-refractivity contribution in [2.45, 2.75) is 72.0 Å². The van der Waals surface area contributed by atoms with Crippen LogP contribution in [0.5, 0.6) is 0 Å². The molecule has 0 bridgehead atoms. The maximum absolute atomic E-state index is 12.0. The molecule has 2 atom stereocenters. The Hall–Kier alpha value is -0.580. The smallest absolute Gasteiger partial charge is 0.191 e. The van der Waals surface area contributed by atoms with Crippen LogP contribution < -0.4 is 10.6 Å². The van der Waals surface area contributed by atoms with Crippen LogP contribution in [0.25, 0.3) is 0 Å². The molecule has 0 aromatic rings. The van der Waals surface area contributed by atoms with Crippen molar-refractivity contribution in [3.8, 4) is 0 Å². The van der Waals surface area contributed by atoms with Gasteiger partial charge in [-0.3, -0.25) is 9.20 Å². The minimum Gasteiger partial charge on any atom is -0.357 e. The van der Waals surface area contributed by atoms with E-state index in [0.717, 1.165) is 19.0 Å². The summed E-state index contributed by atoms with van der Waals surface area (Å²) in [5.74, 6) is 2.17. The van der Waals surface area contributed by atoms with Crippen LogP contribution >= 0.6 is 0 Å². The average molecular weight is 332 g/mol. The molecule has 2 N–H and O–H groups in total. The Morgan fingerprint density at radius 2 is 1.86 bits per heavy atom. The standard InChI is InChI=1S/C17H37N3OS/c1-7-10-11-15(8-2)14-20-16(18-9-3)19-12-13-22(21)17(4,5)6/h15H,7-14H2,1-6H3,(H2,18,19,20). The summed E-state index contributed by atoms with van der Waals surface area (Å²) in [6.45, 7) is 15.0. The van der Waals surface area contributed by atoms with Crippen LogP contribution in [0, 0.1) is 5.92 Å². The fourth-order valence-electron chi connectivity index (χ4n) is 2.05. The van der Waals surface area contributed by atoms with Crippen LogP contribution in [0.3, 0.4) is 0 Å². The summed E-state index contributed by atoms with van der Waals surface area (Å²) in [5, 5.41) is 6.58. The number of nitrogens with one attached hydrogen (secondary N) is 2. The molecular formula is C17H37N3OS. The Bertz CT molecular complexity index is 337. The minimum absolute atomic E-state index is 0.148. The normalized spacial score (nSPS) is 15.5. The van der Waals surface area contributed by atoms with E-state index in [4.69, 9.17) is 4.99 Å². The first-order valence-corrected chi connectivity index (χ1v) is 10.1. The van der Waals surface area contributed by atoms with Gasteiger partial charge in [-0.2, -0.15) is 0 Å². The van der Waals surface area contributed by atoms with Crippen LogP contribution in [-0.4, -0.2) is 40.3 Å². The molecule has 132 valence electrons. The third-order valence-electron chi connectivity index (χ3n) is 3.66. The lowest BCUT2D eigenvalue weighted by Gasteiger charge is -2.19. The van der Waals surface area contributed by atoms with E-state index < -0.39 is 10.8 Å². The molecule has 0 saturated carbocycles. The Kier molecular flexibility index (Phi) is 11.6. The number of hydrogen-bond acceptors (Lipinski definition) is 2. The molecule has 0 aromatic carbocycles.